The third kappa shape index (κ3) is 3.67. The van der Waals surface area contributed by atoms with Gasteiger partial charge in [-0.1, -0.05) is 30.3 Å². The Kier molecular flexibility index (Phi) is 5.57. The predicted octanol–water partition coefficient (Wildman–Crippen LogP) is 1.61. The number of amides is 1. The molecule has 2 heterocycles. The molecule has 2 aromatic rings. The topological polar surface area (TPSA) is 59.0 Å². The Morgan fingerprint density at radius 1 is 1.36 bits per heavy atom. The van der Waals surface area contributed by atoms with Gasteiger partial charge in [0.05, 0.1) is 18.3 Å². The molecule has 1 aliphatic rings. The Morgan fingerprint density at radius 3 is 2.73 bits per heavy atom. The number of nitrogens with zero attached hydrogens (tertiary/aromatic N) is 2. The number of aromatic nitrogens is 2. The summed E-state index contributed by atoms with van der Waals surface area (Å²) in [5.74, 6) is 0.535. The zero-order chi connectivity index (χ0) is 14.7. The van der Waals surface area contributed by atoms with Crippen molar-refractivity contribution in [1.82, 2.24) is 20.4 Å². The van der Waals surface area contributed by atoms with Gasteiger partial charge in [-0.3, -0.25) is 9.48 Å². The van der Waals surface area contributed by atoms with Gasteiger partial charge in [0.15, 0.2) is 0 Å². The van der Waals surface area contributed by atoms with Gasteiger partial charge in [0.2, 0.25) is 0 Å². The molecule has 3 rings (SSSR count). The van der Waals surface area contributed by atoms with E-state index >= 15 is 0 Å². The highest BCUT2D eigenvalue weighted by Gasteiger charge is 2.19. The first-order chi connectivity index (χ1) is 10.2. The van der Waals surface area contributed by atoms with Crippen LogP contribution < -0.4 is 10.6 Å². The Morgan fingerprint density at radius 2 is 2.09 bits per heavy atom. The maximum atomic E-state index is 12.2. The van der Waals surface area contributed by atoms with Crippen LogP contribution in [0.3, 0.4) is 0 Å². The molecule has 1 saturated heterocycles. The molecule has 0 unspecified atom stereocenters. The molecule has 1 fully saturated rings. The van der Waals surface area contributed by atoms with Gasteiger partial charge >= 0.3 is 0 Å². The van der Waals surface area contributed by atoms with Crippen molar-refractivity contribution in [2.24, 2.45) is 5.92 Å². The molecular formula is C16H21ClN4O. The van der Waals surface area contributed by atoms with Gasteiger partial charge in [0.1, 0.15) is 0 Å². The van der Waals surface area contributed by atoms with E-state index in [2.05, 4.69) is 27.9 Å². The second kappa shape index (κ2) is 7.42. The van der Waals surface area contributed by atoms with Crippen LogP contribution in [-0.2, 0) is 6.54 Å². The molecule has 1 amide bonds. The van der Waals surface area contributed by atoms with E-state index in [-0.39, 0.29) is 18.3 Å². The highest BCUT2D eigenvalue weighted by atomic mass is 35.5. The molecule has 1 aromatic carbocycles. The summed E-state index contributed by atoms with van der Waals surface area (Å²) in [5, 5.41) is 10.5. The number of nitrogens with one attached hydrogen (secondary N) is 2. The Hall–Kier alpha value is -1.85. The van der Waals surface area contributed by atoms with Crippen molar-refractivity contribution in [3.05, 3.63) is 53.3 Å². The lowest BCUT2D eigenvalue weighted by molar-refractivity contribution is 0.0941. The first kappa shape index (κ1) is 16.5. The van der Waals surface area contributed by atoms with Gasteiger partial charge < -0.3 is 10.6 Å². The number of halogens is 1. The average Bonchev–Trinajstić information content (AvgIpc) is 2.80. The Bertz CT molecular complexity index is 622. The number of rotatable bonds is 5. The van der Waals surface area contributed by atoms with Gasteiger partial charge in [0.25, 0.3) is 5.91 Å². The van der Waals surface area contributed by atoms with E-state index in [1.807, 2.05) is 29.8 Å². The zero-order valence-corrected chi connectivity index (χ0v) is 13.4. The lowest BCUT2D eigenvalue weighted by Gasteiger charge is -2.27. The summed E-state index contributed by atoms with van der Waals surface area (Å²) in [4.78, 5) is 12.2. The van der Waals surface area contributed by atoms with E-state index in [1.165, 1.54) is 5.56 Å². The first-order valence-corrected chi connectivity index (χ1v) is 7.29. The van der Waals surface area contributed by atoms with Gasteiger partial charge in [-0.15, -0.1) is 12.4 Å². The molecule has 0 radical (unpaired) electrons. The maximum Gasteiger partial charge on any atom is 0.254 e. The van der Waals surface area contributed by atoms with Crippen molar-refractivity contribution >= 4 is 18.3 Å². The molecule has 0 saturated carbocycles. The SMILES string of the molecule is Cc1c(C(=O)NCC2CNC2)cnn1Cc1ccccc1.Cl. The molecule has 6 heteroatoms. The number of hydrogen-bond donors (Lipinski definition) is 2. The highest BCUT2D eigenvalue weighted by Crippen LogP contribution is 2.10. The standard InChI is InChI=1S/C16H20N4O.ClH/c1-12-15(16(21)18-9-14-7-17-8-14)10-19-20(12)11-13-5-3-2-4-6-13;/h2-6,10,14,17H,7-9,11H2,1H3,(H,18,21);1H. The summed E-state index contributed by atoms with van der Waals surface area (Å²) in [5.41, 5.74) is 2.75. The molecular weight excluding hydrogens is 300 g/mol. The van der Waals surface area contributed by atoms with Crippen LogP contribution in [0.4, 0.5) is 0 Å². The number of carbonyl (C=O) groups is 1. The normalized spacial score (nSPS) is 14.0. The molecule has 118 valence electrons. The van der Waals surface area contributed by atoms with E-state index in [9.17, 15) is 4.79 Å². The van der Waals surface area contributed by atoms with Gasteiger partial charge in [-0.25, -0.2) is 0 Å². The van der Waals surface area contributed by atoms with E-state index in [4.69, 9.17) is 0 Å². The van der Waals surface area contributed by atoms with Crippen LogP contribution in [0, 0.1) is 12.8 Å². The van der Waals surface area contributed by atoms with E-state index in [1.54, 1.807) is 6.20 Å². The quantitative estimate of drug-likeness (QED) is 0.880. The van der Waals surface area contributed by atoms with Gasteiger partial charge in [0, 0.05) is 31.2 Å². The number of hydrogen-bond acceptors (Lipinski definition) is 3. The van der Waals surface area contributed by atoms with Crippen LogP contribution in [0.2, 0.25) is 0 Å². The molecule has 0 spiro atoms. The second-order valence-corrected chi connectivity index (χ2v) is 5.52. The van der Waals surface area contributed by atoms with Gasteiger partial charge in [-0.05, 0) is 12.5 Å². The monoisotopic (exact) mass is 320 g/mol. The van der Waals surface area contributed by atoms with E-state index in [0.29, 0.717) is 18.0 Å². The zero-order valence-electron chi connectivity index (χ0n) is 12.6. The summed E-state index contributed by atoms with van der Waals surface area (Å²) >= 11 is 0. The molecule has 1 aliphatic heterocycles. The van der Waals surface area contributed by atoms with Crippen molar-refractivity contribution in [3.8, 4) is 0 Å². The van der Waals surface area contributed by atoms with Crippen LogP contribution in [-0.4, -0.2) is 35.3 Å². The van der Waals surface area contributed by atoms with Crippen molar-refractivity contribution < 1.29 is 4.79 Å². The van der Waals surface area contributed by atoms with Gasteiger partial charge in [-0.2, -0.15) is 5.10 Å². The molecule has 0 aliphatic carbocycles. The smallest absolute Gasteiger partial charge is 0.254 e. The molecule has 0 atom stereocenters. The minimum atomic E-state index is -0.0290. The van der Waals surface area contributed by atoms with Crippen molar-refractivity contribution in [1.29, 1.82) is 0 Å². The Labute approximate surface area is 136 Å². The molecule has 0 bridgehead atoms. The fraction of sp³-hybridized carbons (Fsp3) is 0.375. The fourth-order valence-corrected chi connectivity index (χ4v) is 2.41. The molecule has 2 N–H and O–H groups in total. The van der Waals surface area contributed by atoms with Crippen LogP contribution in [0.5, 0.6) is 0 Å². The molecule has 22 heavy (non-hydrogen) atoms. The summed E-state index contributed by atoms with van der Waals surface area (Å²) in [6, 6.07) is 10.1. The third-order valence-electron chi connectivity index (χ3n) is 3.94. The van der Waals surface area contributed by atoms with Crippen LogP contribution in [0.15, 0.2) is 36.5 Å². The fourth-order valence-electron chi connectivity index (χ4n) is 2.41. The summed E-state index contributed by atoms with van der Waals surface area (Å²) in [7, 11) is 0. The lowest BCUT2D eigenvalue weighted by atomic mass is 10.0. The summed E-state index contributed by atoms with van der Waals surface area (Å²) in [6.45, 7) is 5.34. The summed E-state index contributed by atoms with van der Waals surface area (Å²) in [6.07, 6.45) is 1.66. The van der Waals surface area contributed by atoms with Crippen LogP contribution in [0.1, 0.15) is 21.6 Å². The third-order valence-corrected chi connectivity index (χ3v) is 3.94. The maximum absolute atomic E-state index is 12.2. The number of carbonyl (C=O) groups excluding carboxylic acids is 1. The largest absolute Gasteiger partial charge is 0.352 e. The van der Waals surface area contributed by atoms with Crippen LogP contribution in [0.25, 0.3) is 0 Å². The lowest BCUT2D eigenvalue weighted by Crippen LogP contribution is -2.48. The van der Waals surface area contributed by atoms with E-state index in [0.717, 1.165) is 25.3 Å². The minimum Gasteiger partial charge on any atom is -0.352 e. The summed E-state index contributed by atoms with van der Waals surface area (Å²) < 4.78 is 1.87. The predicted molar refractivity (Wildman–Crippen MR) is 88.4 cm³/mol. The molecule has 5 nitrogen and oxygen atoms in total. The second-order valence-electron chi connectivity index (χ2n) is 5.52. The van der Waals surface area contributed by atoms with Crippen molar-refractivity contribution in [2.75, 3.05) is 19.6 Å². The average molecular weight is 321 g/mol. The minimum absolute atomic E-state index is 0. The van der Waals surface area contributed by atoms with Crippen molar-refractivity contribution in [3.63, 3.8) is 0 Å². The molecule has 1 aromatic heterocycles. The first-order valence-electron chi connectivity index (χ1n) is 7.29. The van der Waals surface area contributed by atoms with Crippen molar-refractivity contribution in [2.45, 2.75) is 13.5 Å². The number of benzene rings is 1. The highest BCUT2D eigenvalue weighted by molar-refractivity contribution is 5.95. The Balaban J connectivity index is 0.00000176. The van der Waals surface area contributed by atoms with E-state index < -0.39 is 0 Å². The van der Waals surface area contributed by atoms with Crippen LogP contribution >= 0.6 is 12.4 Å².